The van der Waals surface area contributed by atoms with Crippen molar-refractivity contribution in [3.63, 3.8) is 0 Å². The zero-order chi connectivity index (χ0) is 38.1. The van der Waals surface area contributed by atoms with Gasteiger partial charge in [0.1, 0.15) is 11.5 Å². The van der Waals surface area contributed by atoms with E-state index in [0.717, 1.165) is 20.3 Å². The van der Waals surface area contributed by atoms with Gasteiger partial charge in [0.15, 0.2) is 0 Å². The number of aryl methyl sites for hydroxylation is 2. The molecular weight excluding hydrogens is 652 g/mol. The second-order valence-electron chi connectivity index (χ2n) is 15.0. The van der Waals surface area contributed by atoms with Crippen molar-refractivity contribution in [1.29, 1.82) is 0 Å². The molecule has 0 fully saturated rings. The van der Waals surface area contributed by atoms with Crippen LogP contribution in [0.15, 0.2) is 128 Å². The Bertz CT molecular complexity index is 2290. The number of aromatic nitrogens is 2. The van der Waals surface area contributed by atoms with Gasteiger partial charge in [-0.2, -0.15) is 0 Å². The molecule has 0 aliphatic rings. The molecule has 266 valence electrons. The highest BCUT2D eigenvalue weighted by atomic mass is 16.3. The van der Waals surface area contributed by atoms with E-state index < -0.39 is 22.2 Å². The standard InChI is InChI=1S/C30H28N2O4.2C7H8O/c1-29(2,3)21-11-7-9-13-23(21)31-25(33)17-15-19-20(16-18(17)26(31)34)28(36)32(27(19)35)24-14-10-8-12-22(24)30(4,5)6;2*1-6-2-4-7(8)5-3-6/h7-16H,1-6H3;2*2-5,8H,1H3. The van der Waals surface area contributed by atoms with Gasteiger partial charge in [-0.25, -0.2) is 9.13 Å². The van der Waals surface area contributed by atoms with Crippen LogP contribution in [0.4, 0.5) is 0 Å². The number of aromatic hydroxyl groups is 2. The van der Waals surface area contributed by atoms with Gasteiger partial charge in [-0.1, -0.05) is 113 Å². The fourth-order valence-electron chi connectivity index (χ4n) is 6.11. The number of fused-ring (bicyclic) bond motifs is 2. The van der Waals surface area contributed by atoms with E-state index in [9.17, 15) is 19.2 Å². The van der Waals surface area contributed by atoms with Crippen LogP contribution >= 0.6 is 0 Å². The summed E-state index contributed by atoms with van der Waals surface area (Å²) in [6.45, 7) is 16.1. The third kappa shape index (κ3) is 7.51. The lowest BCUT2D eigenvalue weighted by molar-refractivity contribution is 0.474. The van der Waals surface area contributed by atoms with Crippen LogP contribution in [-0.2, 0) is 10.8 Å². The van der Waals surface area contributed by atoms with E-state index in [1.165, 1.54) is 23.3 Å². The molecule has 2 heterocycles. The van der Waals surface area contributed by atoms with Crippen molar-refractivity contribution in [2.45, 2.75) is 66.2 Å². The monoisotopic (exact) mass is 696 g/mol. The van der Waals surface area contributed by atoms with Crippen LogP contribution in [0.3, 0.4) is 0 Å². The molecule has 0 saturated carbocycles. The average Bonchev–Trinajstić information content (AvgIpc) is 3.49. The third-order valence-corrected chi connectivity index (χ3v) is 8.87. The van der Waals surface area contributed by atoms with Crippen molar-refractivity contribution >= 4 is 21.5 Å². The van der Waals surface area contributed by atoms with Crippen LogP contribution in [0.1, 0.15) is 63.8 Å². The molecule has 0 radical (unpaired) electrons. The number of hydrogen-bond acceptors (Lipinski definition) is 6. The summed E-state index contributed by atoms with van der Waals surface area (Å²) in [5.41, 5.74) is 2.46. The molecule has 0 amide bonds. The maximum absolute atomic E-state index is 13.5. The summed E-state index contributed by atoms with van der Waals surface area (Å²) >= 11 is 0. The predicted octanol–water partition coefficient (Wildman–Crippen LogP) is 7.89. The first-order valence-corrected chi connectivity index (χ1v) is 17.1. The first-order chi connectivity index (χ1) is 24.4. The molecule has 0 atom stereocenters. The highest BCUT2D eigenvalue weighted by Crippen LogP contribution is 2.29. The van der Waals surface area contributed by atoms with Gasteiger partial charge in [-0.05, 0) is 84.3 Å². The van der Waals surface area contributed by atoms with Gasteiger partial charge in [0.2, 0.25) is 0 Å². The smallest absolute Gasteiger partial charge is 0.266 e. The van der Waals surface area contributed by atoms with Crippen molar-refractivity contribution in [2.75, 3.05) is 0 Å². The number of phenolic OH excluding ortho intramolecular Hbond substituents is 2. The summed E-state index contributed by atoms with van der Waals surface area (Å²) < 4.78 is 2.31. The van der Waals surface area contributed by atoms with Crippen LogP contribution < -0.4 is 22.2 Å². The van der Waals surface area contributed by atoms with Gasteiger partial charge in [0, 0.05) is 0 Å². The molecule has 0 unspecified atom stereocenters. The van der Waals surface area contributed by atoms with Crippen molar-refractivity contribution in [1.82, 2.24) is 9.13 Å². The Kier molecular flexibility index (Phi) is 10.2. The Morgan fingerprint density at radius 1 is 0.423 bits per heavy atom. The van der Waals surface area contributed by atoms with Crippen LogP contribution in [0, 0.1) is 13.8 Å². The Morgan fingerprint density at radius 2 is 0.692 bits per heavy atom. The molecule has 0 bridgehead atoms. The van der Waals surface area contributed by atoms with E-state index in [-0.39, 0.29) is 32.4 Å². The summed E-state index contributed by atoms with van der Waals surface area (Å²) in [4.78, 5) is 54.0. The fourth-order valence-corrected chi connectivity index (χ4v) is 6.11. The highest BCUT2D eigenvalue weighted by molar-refractivity contribution is 5.98. The van der Waals surface area contributed by atoms with Gasteiger partial charge in [0.05, 0.1) is 32.9 Å². The van der Waals surface area contributed by atoms with E-state index in [4.69, 9.17) is 10.2 Å². The zero-order valence-corrected chi connectivity index (χ0v) is 30.8. The van der Waals surface area contributed by atoms with Gasteiger partial charge >= 0.3 is 0 Å². The summed E-state index contributed by atoms with van der Waals surface area (Å²) in [6, 6.07) is 31.6. The normalized spacial score (nSPS) is 11.5. The zero-order valence-electron chi connectivity index (χ0n) is 30.8. The summed E-state index contributed by atoms with van der Waals surface area (Å²) in [7, 11) is 0. The van der Waals surface area contributed by atoms with E-state index >= 15 is 0 Å². The van der Waals surface area contributed by atoms with Crippen molar-refractivity contribution in [3.8, 4) is 22.9 Å². The molecule has 0 saturated heterocycles. The summed E-state index contributed by atoms with van der Waals surface area (Å²) in [5.74, 6) is 0.659. The minimum Gasteiger partial charge on any atom is -0.508 e. The molecule has 2 N–H and O–H groups in total. The Morgan fingerprint density at radius 3 is 0.942 bits per heavy atom. The lowest BCUT2D eigenvalue weighted by atomic mass is 9.86. The minimum atomic E-state index is -0.497. The molecule has 0 spiro atoms. The number of rotatable bonds is 2. The second-order valence-corrected chi connectivity index (χ2v) is 15.0. The lowest BCUT2D eigenvalue weighted by Crippen LogP contribution is -2.27. The quantitative estimate of drug-likeness (QED) is 0.190. The van der Waals surface area contributed by atoms with E-state index in [1.807, 2.05) is 104 Å². The van der Waals surface area contributed by atoms with Crippen molar-refractivity contribution < 1.29 is 10.2 Å². The van der Waals surface area contributed by atoms with E-state index in [2.05, 4.69) is 0 Å². The Labute approximate surface area is 302 Å². The first-order valence-electron chi connectivity index (χ1n) is 17.1. The fraction of sp³-hybridized carbons (Fsp3) is 0.227. The Balaban J connectivity index is 0.000000267. The summed E-state index contributed by atoms with van der Waals surface area (Å²) in [6.07, 6.45) is 0. The SMILES string of the molecule is CC(C)(C)c1ccccc1-n1c(=O)c2cc3c(=O)n(-c4ccccc4C(C)(C)C)c(=O)c3cc2c1=O.Cc1ccc(O)cc1.Cc1ccc(O)cc1. The predicted molar refractivity (Wildman–Crippen MR) is 211 cm³/mol. The largest absolute Gasteiger partial charge is 0.508 e. The van der Waals surface area contributed by atoms with Crippen LogP contribution in [0.5, 0.6) is 11.5 Å². The van der Waals surface area contributed by atoms with Crippen LogP contribution in [0.2, 0.25) is 0 Å². The maximum atomic E-state index is 13.5. The van der Waals surface area contributed by atoms with Crippen LogP contribution in [-0.4, -0.2) is 19.3 Å². The van der Waals surface area contributed by atoms with E-state index in [0.29, 0.717) is 22.9 Å². The van der Waals surface area contributed by atoms with Gasteiger partial charge < -0.3 is 10.2 Å². The van der Waals surface area contributed by atoms with Gasteiger partial charge in [0.25, 0.3) is 22.2 Å². The molecule has 7 rings (SSSR count). The van der Waals surface area contributed by atoms with Crippen LogP contribution in [0.25, 0.3) is 32.9 Å². The lowest BCUT2D eigenvalue weighted by Gasteiger charge is -2.22. The topological polar surface area (TPSA) is 119 Å². The first kappa shape index (κ1) is 37.2. The molecule has 0 aliphatic carbocycles. The second kappa shape index (κ2) is 14.3. The van der Waals surface area contributed by atoms with Gasteiger partial charge in [-0.15, -0.1) is 0 Å². The average molecular weight is 697 g/mol. The molecule has 2 aromatic heterocycles. The molecular formula is C44H44N2O6. The van der Waals surface area contributed by atoms with Crippen molar-refractivity contribution in [3.05, 3.63) is 173 Å². The molecule has 8 nitrogen and oxygen atoms in total. The number of phenols is 2. The molecule has 0 aliphatic heterocycles. The van der Waals surface area contributed by atoms with Crippen molar-refractivity contribution in [2.24, 2.45) is 0 Å². The number of nitrogens with zero attached hydrogens (tertiary/aromatic N) is 2. The molecule has 8 heteroatoms. The molecule has 7 aromatic rings. The van der Waals surface area contributed by atoms with Gasteiger partial charge in [-0.3, -0.25) is 19.2 Å². The van der Waals surface area contributed by atoms with E-state index in [1.54, 1.807) is 48.5 Å². The Hall–Kier alpha value is -6.02. The third-order valence-electron chi connectivity index (χ3n) is 8.87. The number of para-hydroxylation sites is 2. The molecule has 52 heavy (non-hydrogen) atoms. The molecule has 5 aromatic carbocycles. The minimum absolute atomic E-state index is 0.134. The number of benzene rings is 5. The summed E-state index contributed by atoms with van der Waals surface area (Å²) in [5, 5.41) is 18.0. The maximum Gasteiger partial charge on any atom is 0.266 e. The number of hydrogen-bond donors (Lipinski definition) is 2. The highest BCUT2D eigenvalue weighted by Gasteiger charge is 2.26.